The molecule has 0 bridgehead atoms. The molecule has 1 aliphatic heterocycles. The van der Waals surface area contributed by atoms with Gasteiger partial charge in [0.1, 0.15) is 0 Å². The van der Waals surface area contributed by atoms with Crippen LogP contribution in [-0.4, -0.2) is 24.9 Å². The van der Waals surface area contributed by atoms with E-state index in [-0.39, 0.29) is 36.9 Å². The molecule has 0 amide bonds. The highest BCUT2D eigenvalue weighted by Crippen LogP contribution is 2.47. The predicted molar refractivity (Wildman–Crippen MR) is 53.8 cm³/mol. The van der Waals surface area contributed by atoms with Gasteiger partial charge in [-0.3, -0.25) is 0 Å². The van der Waals surface area contributed by atoms with E-state index in [1.165, 1.54) is 0 Å². The molecule has 0 aromatic rings. The summed E-state index contributed by atoms with van der Waals surface area (Å²) in [5.41, 5.74) is 5.59. The molecule has 2 N–H and O–H groups in total. The van der Waals surface area contributed by atoms with Crippen molar-refractivity contribution in [2.75, 3.05) is 6.54 Å². The van der Waals surface area contributed by atoms with E-state index in [1.807, 2.05) is 6.92 Å². The molecule has 1 heterocycles. The third-order valence-corrected chi connectivity index (χ3v) is 3.96. The smallest absolute Gasteiger partial charge is 0.375 e. The van der Waals surface area contributed by atoms with Gasteiger partial charge in [-0.15, -0.1) is 0 Å². The van der Waals surface area contributed by atoms with Crippen molar-refractivity contribution in [3.8, 4) is 0 Å². The average Bonchev–Trinajstić information content (AvgIpc) is 2.54. The van der Waals surface area contributed by atoms with Crippen LogP contribution in [0.4, 0.5) is 13.2 Å². The first-order valence-corrected chi connectivity index (χ1v) is 5.84. The van der Waals surface area contributed by atoms with Gasteiger partial charge in [-0.25, -0.2) is 0 Å². The summed E-state index contributed by atoms with van der Waals surface area (Å²) in [6, 6.07) is 0. The number of alkyl halides is 3. The maximum absolute atomic E-state index is 12.7. The zero-order chi connectivity index (χ0) is 11.9. The summed E-state index contributed by atoms with van der Waals surface area (Å²) >= 11 is 0. The number of hydrogen-bond acceptors (Lipinski definition) is 2. The lowest BCUT2D eigenvalue weighted by Gasteiger charge is -2.37. The molecule has 0 aromatic heterocycles. The van der Waals surface area contributed by atoms with E-state index in [1.54, 1.807) is 0 Å². The minimum absolute atomic E-state index is 0.0321. The molecule has 2 aliphatic rings. The molecule has 1 saturated carbocycles. The lowest BCUT2D eigenvalue weighted by Crippen LogP contribution is -2.42. The molecule has 2 fully saturated rings. The second-order valence-electron chi connectivity index (χ2n) is 5.09. The Morgan fingerprint density at radius 1 is 1.25 bits per heavy atom. The molecule has 5 heteroatoms. The third-order valence-electron chi connectivity index (χ3n) is 3.96. The molecule has 16 heavy (non-hydrogen) atoms. The van der Waals surface area contributed by atoms with E-state index < -0.39 is 12.1 Å². The van der Waals surface area contributed by atoms with Crippen LogP contribution in [0, 0.1) is 17.8 Å². The van der Waals surface area contributed by atoms with Crippen LogP contribution in [0.2, 0.25) is 0 Å². The summed E-state index contributed by atoms with van der Waals surface area (Å²) in [6.45, 7) is 2.26. The number of hydrogen-bond donors (Lipinski definition) is 1. The molecular formula is C11H18F3NO. The lowest BCUT2D eigenvalue weighted by molar-refractivity contribution is -0.198. The van der Waals surface area contributed by atoms with Crippen molar-refractivity contribution in [2.45, 2.75) is 44.6 Å². The Kier molecular flexibility index (Phi) is 3.18. The molecule has 1 saturated heterocycles. The van der Waals surface area contributed by atoms with Crippen LogP contribution >= 0.6 is 0 Å². The van der Waals surface area contributed by atoms with E-state index in [9.17, 15) is 13.2 Å². The zero-order valence-electron chi connectivity index (χ0n) is 9.33. The van der Waals surface area contributed by atoms with E-state index >= 15 is 0 Å². The van der Waals surface area contributed by atoms with E-state index in [2.05, 4.69) is 0 Å². The van der Waals surface area contributed by atoms with Crippen LogP contribution < -0.4 is 5.73 Å². The van der Waals surface area contributed by atoms with Crippen LogP contribution in [0.25, 0.3) is 0 Å². The molecule has 2 rings (SSSR count). The fourth-order valence-electron chi connectivity index (χ4n) is 3.17. The SMILES string of the molecule is C[C@@H]1C[C@H]2[C@@H](CN)C[C@H](C(F)(F)F)C[C@H]2O1. The van der Waals surface area contributed by atoms with E-state index in [0.29, 0.717) is 6.54 Å². The number of halogens is 3. The number of rotatable bonds is 1. The standard InChI is InChI=1S/C11H18F3NO/c1-6-2-9-7(5-15)3-8(11(12,13)14)4-10(9)16-6/h6-10H,2-5,15H2,1H3/t6-,7-,8+,9+,10-/m1/s1. The second kappa shape index (κ2) is 4.18. The largest absolute Gasteiger partial charge is 0.391 e. The zero-order valence-corrected chi connectivity index (χ0v) is 9.33. The van der Waals surface area contributed by atoms with Gasteiger partial charge in [0.05, 0.1) is 18.1 Å². The fourth-order valence-corrected chi connectivity index (χ4v) is 3.17. The highest BCUT2D eigenvalue weighted by molar-refractivity contribution is 4.94. The third kappa shape index (κ3) is 2.20. The van der Waals surface area contributed by atoms with Crippen LogP contribution in [0.15, 0.2) is 0 Å². The summed E-state index contributed by atoms with van der Waals surface area (Å²) in [7, 11) is 0. The maximum atomic E-state index is 12.7. The molecule has 1 aliphatic carbocycles. The van der Waals surface area contributed by atoms with Crippen molar-refractivity contribution in [3.63, 3.8) is 0 Å². The first-order chi connectivity index (χ1) is 7.41. The van der Waals surface area contributed by atoms with Crippen LogP contribution in [0.3, 0.4) is 0 Å². The summed E-state index contributed by atoms with van der Waals surface area (Å²) < 4.78 is 43.7. The van der Waals surface area contributed by atoms with Gasteiger partial charge < -0.3 is 10.5 Å². The highest BCUT2D eigenvalue weighted by atomic mass is 19.4. The Hall–Kier alpha value is -0.290. The minimum Gasteiger partial charge on any atom is -0.375 e. The van der Waals surface area contributed by atoms with Gasteiger partial charge in [-0.1, -0.05) is 0 Å². The van der Waals surface area contributed by atoms with Crippen molar-refractivity contribution in [3.05, 3.63) is 0 Å². The average molecular weight is 237 g/mol. The molecule has 0 aromatic carbocycles. The van der Waals surface area contributed by atoms with E-state index in [4.69, 9.17) is 10.5 Å². The van der Waals surface area contributed by atoms with Gasteiger partial charge in [0, 0.05) is 0 Å². The Morgan fingerprint density at radius 2 is 1.94 bits per heavy atom. The highest BCUT2D eigenvalue weighted by Gasteiger charge is 2.51. The van der Waals surface area contributed by atoms with Gasteiger partial charge >= 0.3 is 6.18 Å². The number of nitrogens with two attached hydrogens (primary N) is 1. The van der Waals surface area contributed by atoms with E-state index in [0.717, 1.165) is 6.42 Å². The molecular weight excluding hydrogens is 219 g/mol. The summed E-state index contributed by atoms with van der Waals surface area (Å²) in [5.74, 6) is -1.03. The normalized spacial score (nSPS) is 44.4. The van der Waals surface area contributed by atoms with Gasteiger partial charge in [0.15, 0.2) is 0 Å². The number of ether oxygens (including phenoxy) is 1. The van der Waals surface area contributed by atoms with Gasteiger partial charge in [0.2, 0.25) is 0 Å². The maximum Gasteiger partial charge on any atom is 0.391 e. The number of fused-ring (bicyclic) bond motifs is 1. The molecule has 0 radical (unpaired) electrons. The molecule has 94 valence electrons. The van der Waals surface area contributed by atoms with Crippen molar-refractivity contribution < 1.29 is 17.9 Å². The Bertz CT molecular complexity index is 248. The predicted octanol–water partition coefficient (Wildman–Crippen LogP) is 2.33. The minimum atomic E-state index is -4.10. The molecule has 0 unspecified atom stereocenters. The lowest BCUT2D eigenvalue weighted by atomic mass is 9.71. The van der Waals surface area contributed by atoms with Crippen molar-refractivity contribution >= 4 is 0 Å². The Balaban J connectivity index is 2.10. The molecule has 5 atom stereocenters. The van der Waals surface area contributed by atoms with Crippen LogP contribution in [0.5, 0.6) is 0 Å². The topological polar surface area (TPSA) is 35.2 Å². The Labute approximate surface area is 93.3 Å². The summed E-state index contributed by atoms with van der Waals surface area (Å²) in [4.78, 5) is 0. The van der Waals surface area contributed by atoms with Crippen LogP contribution in [-0.2, 0) is 4.74 Å². The fraction of sp³-hybridized carbons (Fsp3) is 1.00. The van der Waals surface area contributed by atoms with Crippen molar-refractivity contribution in [1.29, 1.82) is 0 Å². The quantitative estimate of drug-likeness (QED) is 0.759. The molecule has 2 nitrogen and oxygen atoms in total. The first kappa shape index (κ1) is 12.2. The summed E-state index contributed by atoms with van der Waals surface area (Å²) in [5, 5.41) is 0. The Morgan fingerprint density at radius 3 is 2.50 bits per heavy atom. The van der Waals surface area contributed by atoms with Crippen molar-refractivity contribution in [1.82, 2.24) is 0 Å². The van der Waals surface area contributed by atoms with Crippen molar-refractivity contribution in [2.24, 2.45) is 23.5 Å². The first-order valence-electron chi connectivity index (χ1n) is 5.84. The van der Waals surface area contributed by atoms with Gasteiger partial charge in [-0.05, 0) is 44.6 Å². The summed E-state index contributed by atoms with van der Waals surface area (Å²) in [6.07, 6.45) is -3.10. The van der Waals surface area contributed by atoms with Gasteiger partial charge in [0.25, 0.3) is 0 Å². The monoisotopic (exact) mass is 237 g/mol. The second-order valence-corrected chi connectivity index (χ2v) is 5.09. The molecule has 0 spiro atoms. The van der Waals surface area contributed by atoms with Gasteiger partial charge in [-0.2, -0.15) is 13.2 Å². The van der Waals surface area contributed by atoms with Crippen LogP contribution in [0.1, 0.15) is 26.2 Å².